The van der Waals surface area contributed by atoms with Gasteiger partial charge >= 0.3 is 12.0 Å². The molecule has 0 aliphatic heterocycles. The van der Waals surface area contributed by atoms with Crippen LogP contribution in [-0.2, 0) is 4.79 Å². The van der Waals surface area contributed by atoms with E-state index in [-0.39, 0.29) is 35.9 Å². The normalized spacial score (nSPS) is 9.65. The molecule has 1 rings (SSSR count). The standard InChI is InChI=1S/C12H15N3O5/c1-13-10(17)4-5-14-12(20)15-9-3-2-7(16)6-8(9)11(18)19/h2-3,6,16H,4-5H2,1H3,(H,13,17)(H,18,19)(H2,14,15,20). The first kappa shape index (κ1) is 15.3. The second kappa shape index (κ2) is 6.98. The topological polar surface area (TPSA) is 128 Å². The lowest BCUT2D eigenvalue weighted by Gasteiger charge is -2.10. The van der Waals surface area contributed by atoms with Crippen molar-refractivity contribution in [3.63, 3.8) is 0 Å². The Hall–Kier alpha value is -2.77. The number of nitrogens with one attached hydrogen (secondary N) is 3. The SMILES string of the molecule is CNC(=O)CCNC(=O)Nc1ccc(O)cc1C(=O)O. The Labute approximate surface area is 114 Å². The molecule has 0 radical (unpaired) electrons. The van der Waals surface area contributed by atoms with Crippen LogP contribution in [0.15, 0.2) is 18.2 Å². The maximum atomic E-state index is 11.5. The minimum absolute atomic E-state index is 0.0488. The van der Waals surface area contributed by atoms with E-state index in [1.54, 1.807) is 0 Å². The van der Waals surface area contributed by atoms with E-state index < -0.39 is 12.0 Å². The molecule has 8 nitrogen and oxygen atoms in total. The molecule has 0 heterocycles. The fraction of sp³-hybridized carbons (Fsp3) is 0.250. The number of phenols is 1. The summed E-state index contributed by atoms with van der Waals surface area (Å²) in [7, 11) is 1.48. The summed E-state index contributed by atoms with van der Waals surface area (Å²) in [6.45, 7) is 0.117. The number of carbonyl (C=O) groups excluding carboxylic acids is 2. The number of benzene rings is 1. The van der Waals surface area contributed by atoms with Gasteiger partial charge in [0.05, 0.1) is 11.3 Å². The van der Waals surface area contributed by atoms with Crippen molar-refractivity contribution in [2.75, 3.05) is 18.9 Å². The number of hydrogen-bond acceptors (Lipinski definition) is 4. The summed E-state index contributed by atoms with van der Waals surface area (Å²) in [5.41, 5.74) is -0.181. The minimum Gasteiger partial charge on any atom is -0.508 e. The Morgan fingerprint density at radius 2 is 1.95 bits per heavy atom. The first-order valence-electron chi connectivity index (χ1n) is 5.75. The van der Waals surface area contributed by atoms with Crippen molar-refractivity contribution in [2.45, 2.75) is 6.42 Å². The molecule has 0 unspecified atom stereocenters. The van der Waals surface area contributed by atoms with Gasteiger partial charge in [0.15, 0.2) is 0 Å². The average molecular weight is 281 g/mol. The van der Waals surface area contributed by atoms with Crippen LogP contribution in [0.3, 0.4) is 0 Å². The molecule has 0 aromatic heterocycles. The molecule has 0 aliphatic rings. The molecule has 0 spiro atoms. The van der Waals surface area contributed by atoms with E-state index in [9.17, 15) is 19.5 Å². The predicted octanol–water partition coefficient (Wildman–Crippen LogP) is 0.348. The van der Waals surface area contributed by atoms with Gasteiger partial charge in [-0.15, -0.1) is 0 Å². The van der Waals surface area contributed by atoms with Crippen LogP contribution in [-0.4, -0.2) is 41.7 Å². The number of carboxylic acids is 1. The molecule has 8 heteroatoms. The van der Waals surface area contributed by atoms with Crippen LogP contribution in [0.5, 0.6) is 5.75 Å². The van der Waals surface area contributed by atoms with Crippen LogP contribution >= 0.6 is 0 Å². The van der Waals surface area contributed by atoms with Crippen LogP contribution in [0.4, 0.5) is 10.5 Å². The summed E-state index contributed by atoms with van der Waals surface area (Å²) in [6, 6.07) is 2.92. The lowest BCUT2D eigenvalue weighted by molar-refractivity contribution is -0.120. The molecular weight excluding hydrogens is 266 g/mol. The zero-order chi connectivity index (χ0) is 15.1. The number of aromatic carboxylic acids is 1. The number of carbonyl (C=O) groups is 3. The van der Waals surface area contributed by atoms with Crippen molar-refractivity contribution in [3.8, 4) is 5.75 Å². The molecule has 20 heavy (non-hydrogen) atoms. The summed E-state index contributed by atoms with van der Waals surface area (Å²) in [4.78, 5) is 33.4. The summed E-state index contributed by atoms with van der Waals surface area (Å²) in [5, 5.41) is 25.3. The predicted molar refractivity (Wildman–Crippen MR) is 70.8 cm³/mol. The van der Waals surface area contributed by atoms with E-state index >= 15 is 0 Å². The molecule has 0 atom stereocenters. The molecule has 3 amide bonds. The third kappa shape index (κ3) is 4.48. The van der Waals surface area contributed by atoms with Crippen LogP contribution < -0.4 is 16.0 Å². The third-order valence-electron chi connectivity index (χ3n) is 2.40. The maximum Gasteiger partial charge on any atom is 0.337 e. The van der Waals surface area contributed by atoms with Gasteiger partial charge in [-0.2, -0.15) is 0 Å². The second-order valence-corrected chi connectivity index (χ2v) is 3.84. The van der Waals surface area contributed by atoms with Gasteiger partial charge in [-0.3, -0.25) is 4.79 Å². The minimum atomic E-state index is -1.28. The van der Waals surface area contributed by atoms with Crippen molar-refractivity contribution < 1.29 is 24.6 Å². The Morgan fingerprint density at radius 3 is 2.55 bits per heavy atom. The number of anilines is 1. The highest BCUT2D eigenvalue weighted by atomic mass is 16.4. The zero-order valence-electron chi connectivity index (χ0n) is 10.8. The summed E-state index contributed by atoms with van der Waals surface area (Å²) in [5.74, 6) is -1.71. The Balaban J connectivity index is 2.62. The van der Waals surface area contributed by atoms with Gasteiger partial charge in [-0.1, -0.05) is 0 Å². The van der Waals surface area contributed by atoms with Crippen molar-refractivity contribution in [2.24, 2.45) is 0 Å². The van der Waals surface area contributed by atoms with Crippen molar-refractivity contribution in [3.05, 3.63) is 23.8 Å². The lowest BCUT2D eigenvalue weighted by Crippen LogP contribution is -2.32. The Morgan fingerprint density at radius 1 is 1.25 bits per heavy atom. The van der Waals surface area contributed by atoms with Gasteiger partial charge in [0, 0.05) is 20.0 Å². The van der Waals surface area contributed by atoms with E-state index in [2.05, 4.69) is 16.0 Å². The van der Waals surface area contributed by atoms with Gasteiger partial charge in [0.1, 0.15) is 5.75 Å². The van der Waals surface area contributed by atoms with Crippen LogP contribution in [0.2, 0.25) is 0 Å². The van der Waals surface area contributed by atoms with Gasteiger partial charge in [0.2, 0.25) is 5.91 Å². The van der Waals surface area contributed by atoms with Crippen LogP contribution in [0.25, 0.3) is 0 Å². The highest BCUT2D eigenvalue weighted by molar-refractivity contribution is 6.00. The average Bonchev–Trinajstić information content (AvgIpc) is 2.40. The summed E-state index contributed by atoms with van der Waals surface area (Å²) in [6.07, 6.45) is 0.116. The molecule has 0 bridgehead atoms. The van der Waals surface area contributed by atoms with Crippen molar-refractivity contribution in [1.82, 2.24) is 10.6 Å². The molecule has 0 fully saturated rings. The van der Waals surface area contributed by atoms with E-state index in [0.717, 1.165) is 6.07 Å². The van der Waals surface area contributed by atoms with E-state index in [1.807, 2.05) is 0 Å². The van der Waals surface area contributed by atoms with Crippen molar-refractivity contribution >= 4 is 23.6 Å². The monoisotopic (exact) mass is 281 g/mol. The summed E-state index contributed by atoms with van der Waals surface area (Å²) >= 11 is 0. The van der Waals surface area contributed by atoms with E-state index in [4.69, 9.17) is 5.11 Å². The fourth-order valence-corrected chi connectivity index (χ4v) is 1.40. The summed E-state index contributed by atoms with van der Waals surface area (Å²) < 4.78 is 0. The molecule has 108 valence electrons. The lowest BCUT2D eigenvalue weighted by atomic mass is 10.1. The van der Waals surface area contributed by atoms with Gasteiger partial charge in [-0.25, -0.2) is 9.59 Å². The zero-order valence-corrected chi connectivity index (χ0v) is 10.8. The number of rotatable bonds is 5. The number of amides is 3. The number of phenolic OH excluding ortho intramolecular Hbond substituents is 1. The van der Waals surface area contributed by atoms with Crippen LogP contribution in [0, 0.1) is 0 Å². The van der Waals surface area contributed by atoms with Crippen LogP contribution in [0.1, 0.15) is 16.8 Å². The van der Waals surface area contributed by atoms with Gasteiger partial charge < -0.3 is 26.2 Å². The molecular formula is C12H15N3O5. The number of carboxylic acid groups (broad SMARTS) is 1. The molecule has 1 aromatic carbocycles. The molecule has 0 saturated heterocycles. The Bertz CT molecular complexity index is 530. The molecule has 1 aromatic rings. The quantitative estimate of drug-likeness (QED) is 0.497. The first-order chi connectivity index (χ1) is 9.43. The number of aromatic hydroxyl groups is 1. The van der Waals surface area contributed by atoms with Gasteiger partial charge in [0.25, 0.3) is 0 Å². The van der Waals surface area contributed by atoms with Crippen molar-refractivity contribution in [1.29, 1.82) is 0 Å². The Kier molecular flexibility index (Phi) is 5.33. The largest absolute Gasteiger partial charge is 0.508 e. The number of hydrogen-bond donors (Lipinski definition) is 5. The highest BCUT2D eigenvalue weighted by Crippen LogP contribution is 2.21. The van der Waals surface area contributed by atoms with Gasteiger partial charge in [-0.05, 0) is 18.2 Å². The highest BCUT2D eigenvalue weighted by Gasteiger charge is 2.13. The first-order valence-corrected chi connectivity index (χ1v) is 5.75. The molecule has 5 N–H and O–H groups in total. The second-order valence-electron chi connectivity index (χ2n) is 3.84. The smallest absolute Gasteiger partial charge is 0.337 e. The van der Waals surface area contributed by atoms with E-state index in [1.165, 1.54) is 19.2 Å². The molecule has 0 saturated carbocycles. The maximum absolute atomic E-state index is 11.5. The number of urea groups is 1. The van der Waals surface area contributed by atoms with E-state index in [0.29, 0.717) is 0 Å². The molecule has 0 aliphatic carbocycles. The third-order valence-corrected chi connectivity index (χ3v) is 2.40. The fourth-order valence-electron chi connectivity index (χ4n) is 1.40.